The molecule has 1 N–H and O–H groups in total. The summed E-state index contributed by atoms with van der Waals surface area (Å²) in [7, 11) is -3.58. The van der Waals surface area contributed by atoms with E-state index in [0.29, 0.717) is 17.2 Å². The molecule has 0 saturated carbocycles. The SMILES string of the molecule is Cc1sc(-c2ccno2)cc1S(=O)(=O)NCCn1cncn1. The summed E-state index contributed by atoms with van der Waals surface area (Å²) in [5.74, 6) is 0.553. The van der Waals surface area contributed by atoms with Crippen molar-refractivity contribution in [3.8, 4) is 10.6 Å². The Labute approximate surface area is 130 Å². The number of aryl methyl sites for hydroxylation is 1. The van der Waals surface area contributed by atoms with Crippen LogP contribution in [0.4, 0.5) is 0 Å². The van der Waals surface area contributed by atoms with Gasteiger partial charge in [0.25, 0.3) is 0 Å². The van der Waals surface area contributed by atoms with Gasteiger partial charge in [-0.15, -0.1) is 11.3 Å². The van der Waals surface area contributed by atoms with Crippen LogP contribution < -0.4 is 4.72 Å². The number of rotatable bonds is 6. The lowest BCUT2D eigenvalue weighted by atomic mass is 10.3. The topological polar surface area (TPSA) is 103 Å². The maximum absolute atomic E-state index is 12.4. The maximum Gasteiger partial charge on any atom is 0.241 e. The molecular formula is C12H13N5O3S2. The molecular weight excluding hydrogens is 326 g/mol. The van der Waals surface area contributed by atoms with Crippen molar-refractivity contribution in [3.63, 3.8) is 0 Å². The van der Waals surface area contributed by atoms with E-state index < -0.39 is 10.0 Å². The van der Waals surface area contributed by atoms with Gasteiger partial charge < -0.3 is 4.52 Å². The number of sulfonamides is 1. The third-order valence-electron chi connectivity index (χ3n) is 2.94. The summed E-state index contributed by atoms with van der Waals surface area (Å²) in [6.07, 6.45) is 4.46. The van der Waals surface area contributed by atoms with E-state index in [1.165, 1.54) is 30.2 Å². The highest BCUT2D eigenvalue weighted by atomic mass is 32.2. The van der Waals surface area contributed by atoms with Crippen LogP contribution >= 0.6 is 11.3 Å². The van der Waals surface area contributed by atoms with Gasteiger partial charge in [-0.1, -0.05) is 5.16 Å². The third-order valence-corrected chi connectivity index (χ3v) is 5.72. The standard InChI is InChI=1S/C12H13N5O3S2/c1-9-12(6-11(21-9)10-2-3-15-20-10)22(18,19)16-4-5-17-8-13-7-14-17/h2-3,6-8,16H,4-5H2,1H3. The van der Waals surface area contributed by atoms with E-state index >= 15 is 0 Å². The summed E-state index contributed by atoms with van der Waals surface area (Å²) in [5.41, 5.74) is 0. The fourth-order valence-corrected chi connectivity index (χ4v) is 4.48. The Morgan fingerprint density at radius 3 is 3.00 bits per heavy atom. The summed E-state index contributed by atoms with van der Waals surface area (Å²) < 4.78 is 33.9. The van der Waals surface area contributed by atoms with Crippen molar-refractivity contribution in [2.75, 3.05) is 6.54 Å². The quantitative estimate of drug-likeness (QED) is 0.726. The number of aromatic nitrogens is 4. The summed E-state index contributed by atoms with van der Waals surface area (Å²) in [6, 6.07) is 3.29. The molecule has 0 atom stereocenters. The van der Waals surface area contributed by atoms with Gasteiger partial charge in [0.2, 0.25) is 10.0 Å². The van der Waals surface area contributed by atoms with Crippen molar-refractivity contribution in [2.24, 2.45) is 0 Å². The molecule has 0 aliphatic carbocycles. The predicted octanol–water partition coefficient (Wildman–Crippen LogP) is 1.28. The van der Waals surface area contributed by atoms with Crippen molar-refractivity contribution in [3.05, 3.63) is 35.9 Å². The fraction of sp³-hybridized carbons (Fsp3) is 0.250. The van der Waals surface area contributed by atoms with Crippen molar-refractivity contribution in [1.82, 2.24) is 24.6 Å². The maximum atomic E-state index is 12.4. The molecule has 0 radical (unpaired) electrons. The number of hydrogen-bond donors (Lipinski definition) is 1. The summed E-state index contributed by atoms with van der Waals surface area (Å²) >= 11 is 1.35. The number of thiophene rings is 1. The summed E-state index contributed by atoms with van der Waals surface area (Å²) in [4.78, 5) is 5.48. The smallest absolute Gasteiger partial charge is 0.241 e. The van der Waals surface area contributed by atoms with Crippen LogP contribution in [0, 0.1) is 6.92 Å². The minimum absolute atomic E-state index is 0.235. The van der Waals surface area contributed by atoms with E-state index in [1.807, 2.05) is 0 Å². The highest BCUT2D eigenvalue weighted by molar-refractivity contribution is 7.89. The molecule has 8 nitrogen and oxygen atoms in total. The van der Waals surface area contributed by atoms with Crippen molar-refractivity contribution >= 4 is 21.4 Å². The van der Waals surface area contributed by atoms with Gasteiger partial charge in [-0.2, -0.15) is 5.10 Å². The van der Waals surface area contributed by atoms with E-state index in [4.69, 9.17) is 4.52 Å². The lowest BCUT2D eigenvalue weighted by Gasteiger charge is -2.05. The summed E-state index contributed by atoms with van der Waals surface area (Å²) in [5, 5.41) is 7.55. The molecule has 3 aromatic rings. The molecule has 10 heteroatoms. The lowest BCUT2D eigenvalue weighted by molar-refractivity contribution is 0.433. The van der Waals surface area contributed by atoms with Gasteiger partial charge in [-0.25, -0.2) is 18.1 Å². The zero-order chi connectivity index (χ0) is 15.6. The molecule has 22 heavy (non-hydrogen) atoms. The fourth-order valence-electron chi connectivity index (χ4n) is 1.92. The third kappa shape index (κ3) is 3.08. The first-order valence-corrected chi connectivity index (χ1v) is 8.70. The van der Waals surface area contributed by atoms with Gasteiger partial charge in [-0.3, -0.25) is 4.68 Å². The molecule has 0 aliphatic heterocycles. The van der Waals surface area contributed by atoms with Gasteiger partial charge in [0.05, 0.1) is 22.5 Å². The van der Waals surface area contributed by atoms with Crippen LogP contribution in [0.15, 0.2) is 40.4 Å². The molecule has 3 rings (SSSR count). The molecule has 0 fully saturated rings. The summed E-state index contributed by atoms with van der Waals surface area (Å²) in [6.45, 7) is 2.41. The molecule has 0 unspecified atom stereocenters. The van der Waals surface area contributed by atoms with E-state index in [0.717, 1.165) is 4.88 Å². The Hall–Kier alpha value is -2.04. The van der Waals surface area contributed by atoms with Crippen molar-refractivity contribution in [1.29, 1.82) is 0 Å². The Morgan fingerprint density at radius 2 is 2.32 bits per heavy atom. The van der Waals surface area contributed by atoms with Crippen molar-refractivity contribution in [2.45, 2.75) is 18.4 Å². The average molecular weight is 339 g/mol. The Morgan fingerprint density at radius 1 is 1.45 bits per heavy atom. The number of hydrogen-bond acceptors (Lipinski definition) is 7. The second-order valence-corrected chi connectivity index (χ2v) is 7.46. The van der Waals surface area contributed by atoms with Crippen LogP contribution in [-0.2, 0) is 16.6 Å². The Bertz CT molecular complexity index is 838. The molecule has 0 saturated heterocycles. The predicted molar refractivity (Wildman–Crippen MR) is 79.8 cm³/mol. The molecule has 0 aromatic carbocycles. The minimum Gasteiger partial charge on any atom is -0.355 e. The van der Waals surface area contributed by atoms with Gasteiger partial charge in [0.1, 0.15) is 12.7 Å². The van der Waals surface area contributed by atoms with Gasteiger partial charge in [0, 0.05) is 17.5 Å². The van der Waals surface area contributed by atoms with Crippen LogP contribution in [0.5, 0.6) is 0 Å². The van der Waals surface area contributed by atoms with Gasteiger partial charge >= 0.3 is 0 Å². The molecule has 116 valence electrons. The molecule has 0 amide bonds. The highest BCUT2D eigenvalue weighted by Crippen LogP contribution is 2.33. The molecule has 0 bridgehead atoms. The Kier molecular flexibility index (Phi) is 4.05. The average Bonchev–Trinajstić information content (AvgIpc) is 3.19. The van der Waals surface area contributed by atoms with Crippen LogP contribution in [0.25, 0.3) is 10.6 Å². The second-order valence-electron chi connectivity index (χ2n) is 4.46. The first-order chi connectivity index (χ1) is 10.6. The molecule has 3 aromatic heterocycles. The zero-order valence-electron chi connectivity index (χ0n) is 11.6. The molecule has 3 heterocycles. The van der Waals surface area contributed by atoms with Gasteiger partial charge in [0.15, 0.2) is 5.76 Å². The largest absolute Gasteiger partial charge is 0.355 e. The van der Waals surface area contributed by atoms with E-state index in [2.05, 4.69) is 20.0 Å². The van der Waals surface area contributed by atoms with Gasteiger partial charge in [-0.05, 0) is 13.0 Å². The van der Waals surface area contributed by atoms with E-state index in [1.54, 1.807) is 23.7 Å². The van der Waals surface area contributed by atoms with Crippen LogP contribution in [0.1, 0.15) is 4.88 Å². The highest BCUT2D eigenvalue weighted by Gasteiger charge is 2.21. The normalized spacial score (nSPS) is 11.9. The number of nitrogens with zero attached hydrogens (tertiary/aromatic N) is 4. The minimum atomic E-state index is -3.58. The lowest BCUT2D eigenvalue weighted by Crippen LogP contribution is -2.27. The van der Waals surface area contributed by atoms with E-state index in [9.17, 15) is 8.42 Å². The van der Waals surface area contributed by atoms with Crippen molar-refractivity contribution < 1.29 is 12.9 Å². The number of nitrogens with one attached hydrogen (secondary N) is 1. The second kappa shape index (κ2) is 5.99. The molecule has 0 aliphatic rings. The van der Waals surface area contributed by atoms with E-state index in [-0.39, 0.29) is 11.4 Å². The van der Waals surface area contributed by atoms with Crippen LogP contribution in [-0.4, -0.2) is 34.9 Å². The first-order valence-electron chi connectivity index (χ1n) is 6.40. The van der Waals surface area contributed by atoms with Crippen LogP contribution in [0.2, 0.25) is 0 Å². The zero-order valence-corrected chi connectivity index (χ0v) is 13.3. The Balaban J connectivity index is 1.74. The van der Waals surface area contributed by atoms with Crippen LogP contribution in [0.3, 0.4) is 0 Å². The monoisotopic (exact) mass is 339 g/mol. The first kappa shape index (κ1) is 14.9. The molecule has 0 spiro atoms.